The summed E-state index contributed by atoms with van der Waals surface area (Å²) >= 11 is 5.93. The molecule has 3 heteroatoms. The zero-order valence-electron chi connectivity index (χ0n) is 11.9. The van der Waals surface area contributed by atoms with Crippen molar-refractivity contribution in [3.05, 3.63) is 64.4 Å². The fourth-order valence-corrected chi connectivity index (χ4v) is 2.21. The lowest BCUT2D eigenvalue weighted by molar-refractivity contribution is 0.297. The average molecular weight is 293 g/mol. The van der Waals surface area contributed by atoms with Gasteiger partial charge in [-0.15, -0.1) is 0 Å². The molecule has 1 nitrogen and oxygen atoms in total. The minimum absolute atomic E-state index is 0.0116. The van der Waals surface area contributed by atoms with Gasteiger partial charge in [0.2, 0.25) is 0 Å². The molecule has 0 heterocycles. The highest BCUT2D eigenvalue weighted by molar-refractivity contribution is 6.31. The highest BCUT2D eigenvalue weighted by atomic mass is 35.5. The molecule has 0 aromatic heterocycles. The van der Waals surface area contributed by atoms with Crippen molar-refractivity contribution < 1.29 is 9.13 Å². The highest BCUT2D eigenvalue weighted by Crippen LogP contribution is 2.32. The molecule has 0 aliphatic rings. The Bertz CT molecular complexity index is 602. The van der Waals surface area contributed by atoms with Crippen LogP contribution in [-0.4, -0.2) is 0 Å². The van der Waals surface area contributed by atoms with E-state index in [9.17, 15) is 4.39 Å². The molecule has 20 heavy (non-hydrogen) atoms. The molecule has 2 rings (SSSR count). The second-order valence-electron chi connectivity index (χ2n) is 5.75. The Labute approximate surface area is 124 Å². The van der Waals surface area contributed by atoms with Gasteiger partial charge in [-0.2, -0.15) is 0 Å². The van der Waals surface area contributed by atoms with Crippen LogP contribution in [-0.2, 0) is 12.0 Å². The van der Waals surface area contributed by atoms with E-state index >= 15 is 0 Å². The Kier molecular flexibility index (Phi) is 4.34. The third kappa shape index (κ3) is 3.31. The lowest BCUT2D eigenvalue weighted by atomic mass is 9.86. The predicted molar refractivity (Wildman–Crippen MR) is 80.9 cm³/mol. The molecule has 0 atom stereocenters. The molecule has 0 amide bonds. The van der Waals surface area contributed by atoms with E-state index in [0.717, 1.165) is 11.3 Å². The molecular formula is C17H18ClFO. The molecule has 2 aromatic carbocycles. The number of para-hydroxylation sites is 1. The van der Waals surface area contributed by atoms with E-state index in [2.05, 4.69) is 20.8 Å². The van der Waals surface area contributed by atoms with Gasteiger partial charge in [0, 0.05) is 5.56 Å². The molecule has 0 saturated carbocycles. The first-order chi connectivity index (χ1) is 9.39. The van der Waals surface area contributed by atoms with Crippen molar-refractivity contribution in [2.75, 3.05) is 0 Å². The summed E-state index contributed by atoms with van der Waals surface area (Å²) in [4.78, 5) is 0. The van der Waals surface area contributed by atoms with E-state index in [0.29, 0.717) is 5.56 Å². The zero-order chi connectivity index (χ0) is 14.8. The molecule has 0 fully saturated rings. The maximum atomic E-state index is 13.4. The molecule has 0 N–H and O–H groups in total. The maximum absolute atomic E-state index is 13.4. The molecule has 0 unspecified atom stereocenters. The van der Waals surface area contributed by atoms with Crippen LogP contribution in [0, 0.1) is 5.82 Å². The van der Waals surface area contributed by atoms with Crippen molar-refractivity contribution in [2.45, 2.75) is 32.8 Å². The number of rotatable bonds is 3. The third-order valence-electron chi connectivity index (χ3n) is 3.11. The van der Waals surface area contributed by atoms with Crippen LogP contribution in [0.1, 0.15) is 31.9 Å². The minimum atomic E-state index is -0.420. The van der Waals surface area contributed by atoms with Gasteiger partial charge in [0.15, 0.2) is 0 Å². The monoisotopic (exact) mass is 292 g/mol. The highest BCUT2D eigenvalue weighted by Gasteiger charge is 2.18. The van der Waals surface area contributed by atoms with Gasteiger partial charge in [-0.1, -0.05) is 62.7 Å². The Morgan fingerprint density at radius 3 is 2.45 bits per heavy atom. The Morgan fingerprint density at radius 1 is 1.05 bits per heavy atom. The first-order valence-corrected chi connectivity index (χ1v) is 6.92. The normalized spacial score (nSPS) is 11.4. The largest absolute Gasteiger partial charge is 0.489 e. The van der Waals surface area contributed by atoms with Crippen LogP contribution in [0.4, 0.5) is 4.39 Å². The second kappa shape index (κ2) is 5.84. The van der Waals surface area contributed by atoms with Gasteiger partial charge < -0.3 is 4.74 Å². The van der Waals surface area contributed by atoms with Crippen LogP contribution in [0.3, 0.4) is 0 Å². The molecule has 0 saturated heterocycles. The summed E-state index contributed by atoms with van der Waals surface area (Å²) in [5.41, 5.74) is 1.75. The topological polar surface area (TPSA) is 9.23 Å². The van der Waals surface area contributed by atoms with E-state index in [1.807, 2.05) is 24.3 Å². The Morgan fingerprint density at radius 2 is 1.75 bits per heavy atom. The average Bonchev–Trinajstić information content (AvgIpc) is 2.40. The van der Waals surface area contributed by atoms with Gasteiger partial charge in [-0.25, -0.2) is 4.39 Å². The fraction of sp³-hybridized carbons (Fsp3) is 0.294. The third-order valence-corrected chi connectivity index (χ3v) is 3.53. The fourth-order valence-electron chi connectivity index (χ4n) is 2.03. The molecular weight excluding hydrogens is 275 g/mol. The number of ether oxygens (including phenoxy) is 1. The van der Waals surface area contributed by atoms with E-state index in [1.165, 1.54) is 6.07 Å². The van der Waals surface area contributed by atoms with Crippen molar-refractivity contribution in [3.8, 4) is 5.75 Å². The van der Waals surface area contributed by atoms with Gasteiger partial charge >= 0.3 is 0 Å². The van der Waals surface area contributed by atoms with Crippen molar-refractivity contribution in [1.82, 2.24) is 0 Å². The van der Waals surface area contributed by atoms with Crippen molar-refractivity contribution >= 4 is 11.6 Å². The molecule has 0 bridgehead atoms. The smallest absolute Gasteiger partial charge is 0.142 e. The van der Waals surface area contributed by atoms with Crippen LogP contribution in [0.15, 0.2) is 42.5 Å². The zero-order valence-corrected chi connectivity index (χ0v) is 12.7. The lowest BCUT2D eigenvalue weighted by Gasteiger charge is -2.22. The van der Waals surface area contributed by atoms with Crippen LogP contribution in [0.25, 0.3) is 0 Å². The molecule has 0 aliphatic heterocycles. The molecule has 0 spiro atoms. The first-order valence-electron chi connectivity index (χ1n) is 6.55. The van der Waals surface area contributed by atoms with Crippen molar-refractivity contribution in [2.24, 2.45) is 0 Å². The summed E-state index contributed by atoms with van der Waals surface area (Å²) in [6, 6.07) is 12.6. The lowest BCUT2D eigenvalue weighted by Crippen LogP contribution is -2.13. The van der Waals surface area contributed by atoms with Crippen LogP contribution in [0.2, 0.25) is 5.02 Å². The van der Waals surface area contributed by atoms with E-state index in [4.69, 9.17) is 16.3 Å². The van der Waals surface area contributed by atoms with Crippen molar-refractivity contribution in [3.63, 3.8) is 0 Å². The van der Waals surface area contributed by atoms with Gasteiger partial charge in [0.05, 0.1) is 5.02 Å². The minimum Gasteiger partial charge on any atom is -0.489 e. The summed E-state index contributed by atoms with van der Waals surface area (Å²) in [6.07, 6.45) is 0. The molecule has 0 radical (unpaired) electrons. The van der Waals surface area contributed by atoms with Gasteiger partial charge in [0.1, 0.15) is 18.2 Å². The Balaban J connectivity index is 2.22. The van der Waals surface area contributed by atoms with Crippen LogP contribution >= 0.6 is 11.6 Å². The molecule has 2 aromatic rings. The van der Waals surface area contributed by atoms with Gasteiger partial charge in [0.25, 0.3) is 0 Å². The predicted octanol–water partition coefficient (Wildman–Crippen LogP) is 5.36. The van der Waals surface area contributed by atoms with E-state index in [-0.39, 0.29) is 17.0 Å². The number of halogens is 2. The number of benzene rings is 2. The summed E-state index contributed by atoms with van der Waals surface area (Å²) in [6.45, 7) is 6.64. The molecule has 106 valence electrons. The van der Waals surface area contributed by atoms with Crippen LogP contribution in [0.5, 0.6) is 5.75 Å². The number of hydrogen-bond donors (Lipinski definition) is 0. The van der Waals surface area contributed by atoms with Crippen molar-refractivity contribution in [1.29, 1.82) is 0 Å². The van der Waals surface area contributed by atoms with E-state index in [1.54, 1.807) is 12.1 Å². The maximum Gasteiger partial charge on any atom is 0.142 e. The SMILES string of the molecule is CC(C)(C)c1ccccc1OCc1cccc(F)c1Cl. The standard InChI is InChI=1S/C17H18ClFO/c1-17(2,3)13-8-4-5-10-15(13)20-11-12-7-6-9-14(19)16(12)18/h4-10H,11H2,1-3H3. The first kappa shape index (κ1) is 14.9. The summed E-state index contributed by atoms with van der Waals surface area (Å²) < 4.78 is 19.2. The van der Waals surface area contributed by atoms with Gasteiger partial charge in [-0.3, -0.25) is 0 Å². The Hall–Kier alpha value is -1.54. The van der Waals surface area contributed by atoms with Crippen LogP contribution < -0.4 is 4.74 Å². The second-order valence-corrected chi connectivity index (χ2v) is 6.13. The molecule has 0 aliphatic carbocycles. The summed E-state index contributed by atoms with van der Waals surface area (Å²) in [7, 11) is 0. The van der Waals surface area contributed by atoms with Gasteiger partial charge in [-0.05, 0) is 23.1 Å². The quantitative estimate of drug-likeness (QED) is 0.740. The summed E-state index contributed by atoms with van der Waals surface area (Å²) in [5, 5.41) is 0.126. The number of hydrogen-bond acceptors (Lipinski definition) is 1. The van der Waals surface area contributed by atoms with E-state index < -0.39 is 5.82 Å². The summed E-state index contributed by atoms with van der Waals surface area (Å²) in [5.74, 6) is 0.386.